The molecule has 0 saturated carbocycles. The van der Waals surface area contributed by atoms with Gasteiger partial charge in [0.05, 0.1) is 26.4 Å². The number of thiophene rings is 8. The number of ether oxygens (including phenoxy) is 2. The summed E-state index contributed by atoms with van der Waals surface area (Å²) in [5.74, 6) is -0.691. The summed E-state index contributed by atoms with van der Waals surface area (Å²) in [6.45, 7) is 12.1. The van der Waals surface area contributed by atoms with Crippen LogP contribution >= 0.6 is 107 Å². The van der Waals surface area contributed by atoms with E-state index in [0.717, 1.165) is 49.6 Å². The monoisotopic (exact) mass is 1330 g/mol. The molecule has 0 fully saturated rings. The van der Waals surface area contributed by atoms with Gasteiger partial charge in [-0.05, 0) is 99.5 Å². The van der Waals surface area contributed by atoms with Crippen LogP contribution in [-0.4, -0.2) is 53.5 Å². The molecule has 76 heavy (non-hydrogen) atoms. The van der Waals surface area contributed by atoms with Crippen LogP contribution in [0.2, 0.25) is 13.3 Å². The summed E-state index contributed by atoms with van der Waals surface area (Å²) < 4.78 is 20.1. The fraction of sp³-hybridized carbons (Fsp3) is 0.333. The number of pyridine rings is 2. The third-order valence-corrected chi connectivity index (χ3v) is 40.9. The average molecular weight is 1330 g/mol. The number of halogens is 1. The molecule has 0 atom stereocenters. The summed E-state index contributed by atoms with van der Waals surface area (Å²) >= 11 is 15.8. The van der Waals surface area contributed by atoms with Crippen LogP contribution in [0, 0.1) is 0 Å². The average Bonchev–Trinajstić information content (AvgIpc) is 4.28. The van der Waals surface area contributed by atoms with Gasteiger partial charge >= 0.3 is 201 Å². The summed E-state index contributed by atoms with van der Waals surface area (Å²) in [5, 5.41) is 6.34. The number of carbonyl (C=O) groups excluding carboxylic acids is 2. The first-order valence-corrected chi connectivity index (χ1v) is 41.3. The van der Waals surface area contributed by atoms with Gasteiger partial charge in [0, 0.05) is 41.7 Å². The molecule has 0 unspecified atom stereocenters. The molecular formula is C60H65BrN2O4S8Sn. The SMILES string of the molecule is CCCCOC(=O)c1cc2cc(-c3ccc(-c4ccc(-c5cccs5)s4)s3)sc2cn1.CCCCOC(=O)c1cc2cc(Br)sc2cn1.CCC[CH2][Sn]([CH2]CCC)([CH2]CCC)[c]1ccc(-c2ccc(-c3cccs3)s2)s1. The molecule has 0 bridgehead atoms. The molecule has 0 aliphatic heterocycles. The number of esters is 2. The van der Waals surface area contributed by atoms with Crippen molar-refractivity contribution >= 4 is 160 Å². The van der Waals surface area contributed by atoms with E-state index in [2.05, 4.69) is 161 Å². The van der Waals surface area contributed by atoms with E-state index in [1.54, 1.807) is 77.1 Å². The van der Waals surface area contributed by atoms with Gasteiger partial charge in [-0.2, -0.15) is 0 Å². The first-order valence-electron chi connectivity index (χ1n) is 26.4. The maximum atomic E-state index is 12.2. The van der Waals surface area contributed by atoms with E-state index in [9.17, 15) is 9.59 Å². The van der Waals surface area contributed by atoms with Crippen molar-refractivity contribution in [2.45, 2.75) is 112 Å². The Morgan fingerprint density at radius 1 is 0.461 bits per heavy atom. The predicted octanol–water partition coefficient (Wildman–Crippen LogP) is 21.7. The first kappa shape index (κ1) is 58.8. The molecule has 0 aliphatic carbocycles. The Bertz CT molecular complexity index is 3340. The molecule has 16 heteroatoms. The van der Waals surface area contributed by atoms with Crippen molar-refractivity contribution in [3.05, 3.63) is 135 Å². The van der Waals surface area contributed by atoms with Gasteiger partial charge in [0.1, 0.15) is 11.4 Å². The van der Waals surface area contributed by atoms with Crippen LogP contribution in [0.5, 0.6) is 0 Å². The molecule has 0 aromatic carbocycles. The molecule has 10 aromatic rings. The van der Waals surface area contributed by atoms with Gasteiger partial charge < -0.3 is 9.47 Å². The molecule has 0 N–H and O–H groups in total. The van der Waals surface area contributed by atoms with Crippen LogP contribution < -0.4 is 2.89 Å². The van der Waals surface area contributed by atoms with Gasteiger partial charge in [-0.3, -0.25) is 0 Å². The molecule has 0 aliphatic rings. The summed E-state index contributed by atoms with van der Waals surface area (Å²) in [7, 11) is 0. The number of hydrogen-bond acceptors (Lipinski definition) is 14. The molecule has 10 aromatic heterocycles. The van der Waals surface area contributed by atoms with E-state index in [0.29, 0.717) is 24.6 Å². The van der Waals surface area contributed by atoms with Crippen molar-refractivity contribution in [2.75, 3.05) is 13.2 Å². The molecule has 10 heterocycles. The molecule has 0 radical (unpaired) electrons. The Labute approximate surface area is 493 Å². The van der Waals surface area contributed by atoms with Gasteiger partial charge in [-0.15, -0.1) is 56.7 Å². The normalized spacial score (nSPS) is 11.4. The molecule has 0 amide bonds. The summed E-state index contributed by atoms with van der Waals surface area (Å²) in [6, 6.07) is 34.8. The number of nitrogens with zero attached hydrogens (tertiary/aromatic N) is 2. The number of unbranched alkanes of at least 4 members (excludes halogenated alkanes) is 5. The fourth-order valence-corrected chi connectivity index (χ4v) is 36.3. The number of aromatic nitrogens is 2. The first-order chi connectivity index (χ1) is 37.1. The molecular weight excluding hydrogens is 1270 g/mol. The second kappa shape index (κ2) is 29.7. The van der Waals surface area contributed by atoms with Crippen LogP contribution in [0.1, 0.15) is 120 Å². The second-order valence-corrected chi connectivity index (χ2v) is 42.5. The quantitative estimate of drug-likeness (QED) is 0.0361. The van der Waals surface area contributed by atoms with Crippen molar-refractivity contribution in [3.8, 4) is 48.8 Å². The zero-order valence-corrected chi connectivity index (χ0v) is 54.8. The second-order valence-electron chi connectivity index (χ2n) is 18.6. The summed E-state index contributed by atoms with van der Waals surface area (Å²) in [6.07, 6.45) is 15.6. The van der Waals surface area contributed by atoms with E-state index in [-0.39, 0.29) is 11.9 Å². The molecule has 6 nitrogen and oxygen atoms in total. The van der Waals surface area contributed by atoms with Gasteiger partial charge in [0.2, 0.25) is 0 Å². The van der Waals surface area contributed by atoms with Crippen LogP contribution in [0.4, 0.5) is 0 Å². The molecule has 398 valence electrons. The van der Waals surface area contributed by atoms with Crippen LogP contribution in [0.3, 0.4) is 0 Å². The van der Waals surface area contributed by atoms with Gasteiger partial charge in [-0.1, -0.05) is 32.8 Å². The molecule has 0 saturated heterocycles. The minimum absolute atomic E-state index is 0.345. The van der Waals surface area contributed by atoms with E-state index >= 15 is 0 Å². The molecule has 10 rings (SSSR count). The number of fused-ring (bicyclic) bond motifs is 2. The van der Waals surface area contributed by atoms with E-state index in [4.69, 9.17) is 9.47 Å². The zero-order valence-electron chi connectivity index (χ0n) is 43.8. The fourth-order valence-electron chi connectivity index (χ4n) is 8.66. The summed E-state index contributed by atoms with van der Waals surface area (Å²) in [5.41, 5.74) is 0.749. The zero-order chi connectivity index (χ0) is 53.3. The number of hydrogen-bond donors (Lipinski definition) is 0. The standard InChI is InChI=1S/C24H19NO2S4.C12H12BrNO2S.C12H7S3.3C4H9.Sn/c1-2-3-10-27-24(26)16-12-15-13-22(31-23(15)14-25-16)21-9-8-20(30-21)19-7-6-18(29-19)17-5-4-11-28-17;1-2-3-4-16-12(15)9-5-8-6-11(13)17-10(8)7-14-9;1-3-9(13-7-1)11-5-6-12(15-11)10-4-2-8-14-10;3*1-3-4-2;/h4-9,11-14H,2-3,10H2,1H3;5-7H,2-4H2,1H3;1-7H;3*1,3-4H2,2H3;. The Morgan fingerprint density at radius 3 is 1.32 bits per heavy atom. The van der Waals surface area contributed by atoms with Crippen LogP contribution in [0.15, 0.2) is 124 Å². The third kappa shape index (κ3) is 15.7. The Morgan fingerprint density at radius 2 is 0.868 bits per heavy atom. The van der Waals surface area contributed by atoms with Crippen molar-refractivity contribution in [1.82, 2.24) is 9.97 Å². The third-order valence-electron chi connectivity index (χ3n) is 12.9. The Balaban J connectivity index is 0.000000158. The van der Waals surface area contributed by atoms with Crippen molar-refractivity contribution in [1.29, 1.82) is 0 Å². The predicted molar refractivity (Wildman–Crippen MR) is 343 cm³/mol. The van der Waals surface area contributed by atoms with E-state index in [1.807, 2.05) is 49.0 Å². The van der Waals surface area contributed by atoms with Gasteiger partial charge in [-0.25, -0.2) is 19.6 Å². The van der Waals surface area contributed by atoms with Crippen molar-refractivity contribution < 1.29 is 19.1 Å². The number of rotatable bonds is 23. The van der Waals surface area contributed by atoms with E-state index < -0.39 is 18.4 Å². The minimum atomic E-state index is -2.27. The van der Waals surface area contributed by atoms with E-state index in [1.165, 1.54) is 87.3 Å². The van der Waals surface area contributed by atoms with Crippen molar-refractivity contribution in [2.24, 2.45) is 0 Å². The molecule has 0 spiro atoms. The Hall–Kier alpha value is -3.36. The Kier molecular flexibility index (Phi) is 23.0. The van der Waals surface area contributed by atoms with Crippen LogP contribution in [-0.2, 0) is 9.47 Å². The van der Waals surface area contributed by atoms with Gasteiger partial charge in [0.15, 0.2) is 0 Å². The van der Waals surface area contributed by atoms with Crippen LogP contribution in [0.25, 0.3) is 68.9 Å². The maximum absolute atomic E-state index is 12.2. The summed E-state index contributed by atoms with van der Waals surface area (Å²) in [4.78, 5) is 45.7. The van der Waals surface area contributed by atoms with Gasteiger partial charge in [0.25, 0.3) is 0 Å². The van der Waals surface area contributed by atoms with Crippen molar-refractivity contribution in [3.63, 3.8) is 0 Å². The number of carbonyl (C=O) groups is 2. The topological polar surface area (TPSA) is 78.4 Å².